The summed E-state index contributed by atoms with van der Waals surface area (Å²) >= 11 is 5.98. The molecular weight excluding hydrogens is 304 g/mol. The van der Waals surface area contributed by atoms with Crippen molar-refractivity contribution in [1.82, 2.24) is 5.32 Å². The maximum absolute atomic E-state index is 12.2. The zero-order valence-corrected chi connectivity index (χ0v) is 13.3. The fraction of sp³-hybridized carbons (Fsp3) is 0.562. The number of nitro groups is 1. The van der Waals surface area contributed by atoms with Crippen LogP contribution < -0.4 is 5.32 Å². The second-order valence-corrected chi connectivity index (χ2v) is 6.25. The Morgan fingerprint density at radius 2 is 1.86 bits per heavy atom. The van der Waals surface area contributed by atoms with E-state index in [0.717, 1.165) is 12.8 Å². The topological polar surface area (TPSA) is 72.2 Å². The van der Waals surface area contributed by atoms with E-state index in [4.69, 9.17) is 11.6 Å². The number of amides is 1. The average molecular weight is 325 g/mol. The minimum absolute atomic E-state index is 0.125. The summed E-state index contributed by atoms with van der Waals surface area (Å²) in [6.45, 7) is 0.609. The molecule has 1 aliphatic carbocycles. The average Bonchev–Trinajstić information content (AvgIpc) is 2.46. The number of nitrogens with one attached hydrogen (secondary N) is 1. The van der Waals surface area contributed by atoms with Gasteiger partial charge in [0.1, 0.15) is 0 Å². The van der Waals surface area contributed by atoms with Gasteiger partial charge >= 0.3 is 0 Å². The van der Waals surface area contributed by atoms with E-state index in [9.17, 15) is 14.9 Å². The smallest absolute Gasteiger partial charge is 0.270 e. The highest BCUT2D eigenvalue weighted by Gasteiger charge is 2.17. The fourth-order valence-electron chi connectivity index (χ4n) is 2.88. The molecule has 0 bridgehead atoms. The quantitative estimate of drug-likeness (QED) is 0.661. The molecule has 5 nitrogen and oxygen atoms in total. The van der Waals surface area contributed by atoms with Crippen molar-refractivity contribution in [2.24, 2.45) is 5.92 Å². The van der Waals surface area contributed by atoms with Crippen LogP contribution in [0.25, 0.3) is 0 Å². The summed E-state index contributed by atoms with van der Waals surface area (Å²) < 4.78 is 0. The van der Waals surface area contributed by atoms with Crippen LogP contribution in [-0.4, -0.2) is 17.4 Å². The number of carbonyl (C=O) groups is 1. The Morgan fingerprint density at radius 3 is 2.50 bits per heavy atom. The molecule has 120 valence electrons. The van der Waals surface area contributed by atoms with E-state index in [1.165, 1.54) is 50.3 Å². The van der Waals surface area contributed by atoms with Crippen LogP contribution in [0.15, 0.2) is 18.2 Å². The Labute approximate surface area is 135 Å². The molecule has 0 radical (unpaired) electrons. The van der Waals surface area contributed by atoms with Gasteiger partial charge in [-0.2, -0.15) is 0 Å². The van der Waals surface area contributed by atoms with Gasteiger partial charge in [-0.25, -0.2) is 0 Å². The Balaban J connectivity index is 1.96. The Kier molecular flexibility index (Phi) is 6.19. The SMILES string of the molecule is O=C(NCC1CCCCCCC1)c1cc([N+](=O)[O-])ccc1Cl. The molecule has 0 aliphatic heterocycles. The van der Waals surface area contributed by atoms with E-state index < -0.39 is 4.92 Å². The van der Waals surface area contributed by atoms with Crippen molar-refractivity contribution in [2.45, 2.75) is 44.9 Å². The number of hydrogen-bond donors (Lipinski definition) is 1. The van der Waals surface area contributed by atoms with Gasteiger partial charge < -0.3 is 5.32 Å². The van der Waals surface area contributed by atoms with Crippen molar-refractivity contribution in [3.63, 3.8) is 0 Å². The largest absolute Gasteiger partial charge is 0.352 e. The van der Waals surface area contributed by atoms with Crippen LogP contribution in [0, 0.1) is 16.0 Å². The Bertz CT molecular complexity index is 540. The maximum atomic E-state index is 12.2. The molecule has 1 aliphatic rings. The van der Waals surface area contributed by atoms with Crippen LogP contribution >= 0.6 is 11.6 Å². The van der Waals surface area contributed by atoms with E-state index in [0.29, 0.717) is 12.5 Å². The van der Waals surface area contributed by atoms with Gasteiger partial charge in [0.05, 0.1) is 15.5 Å². The van der Waals surface area contributed by atoms with Crippen molar-refractivity contribution in [3.05, 3.63) is 38.9 Å². The highest BCUT2D eigenvalue weighted by Crippen LogP contribution is 2.24. The molecule has 1 saturated carbocycles. The second kappa shape index (κ2) is 8.13. The van der Waals surface area contributed by atoms with Crippen LogP contribution in [0.5, 0.6) is 0 Å². The molecule has 1 aromatic carbocycles. The van der Waals surface area contributed by atoms with Crippen LogP contribution in [0.3, 0.4) is 0 Å². The van der Waals surface area contributed by atoms with Gasteiger partial charge in [0.15, 0.2) is 0 Å². The van der Waals surface area contributed by atoms with E-state index in [2.05, 4.69) is 5.32 Å². The summed E-state index contributed by atoms with van der Waals surface area (Å²) in [6.07, 6.45) is 8.51. The maximum Gasteiger partial charge on any atom is 0.270 e. The third-order valence-corrected chi connectivity index (χ3v) is 4.51. The van der Waals surface area contributed by atoms with Crippen molar-refractivity contribution in [2.75, 3.05) is 6.54 Å². The molecular formula is C16H21ClN2O3. The highest BCUT2D eigenvalue weighted by atomic mass is 35.5. The van der Waals surface area contributed by atoms with Crippen molar-refractivity contribution >= 4 is 23.2 Å². The van der Waals surface area contributed by atoms with Crippen LogP contribution in [-0.2, 0) is 0 Å². The van der Waals surface area contributed by atoms with Crippen LogP contribution in [0.4, 0.5) is 5.69 Å². The third-order valence-electron chi connectivity index (χ3n) is 4.18. The molecule has 0 saturated heterocycles. The molecule has 6 heteroatoms. The van der Waals surface area contributed by atoms with Crippen molar-refractivity contribution in [3.8, 4) is 0 Å². The molecule has 0 heterocycles. The molecule has 1 amide bonds. The summed E-state index contributed by atoms with van der Waals surface area (Å²) in [6, 6.07) is 3.92. The molecule has 22 heavy (non-hydrogen) atoms. The lowest BCUT2D eigenvalue weighted by molar-refractivity contribution is -0.384. The Morgan fingerprint density at radius 1 is 1.23 bits per heavy atom. The molecule has 0 atom stereocenters. The summed E-state index contributed by atoms with van der Waals surface area (Å²) in [7, 11) is 0. The number of rotatable bonds is 4. The summed E-state index contributed by atoms with van der Waals surface area (Å²) in [5.74, 6) is 0.150. The number of non-ortho nitro benzene ring substituents is 1. The van der Waals surface area contributed by atoms with E-state index in [-0.39, 0.29) is 22.2 Å². The number of nitro benzene ring substituents is 1. The molecule has 0 spiro atoms. The third kappa shape index (κ3) is 4.70. The van der Waals surface area contributed by atoms with E-state index in [1.807, 2.05) is 0 Å². The van der Waals surface area contributed by atoms with Crippen LogP contribution in [0.1, 0.15) is 55.3 Å². The summed E-state index contributed by atoms with van der Waals surface area (Å²) in [5.41, 5.74) is 0.0437. The molecule has 2 rings (SSSR count). The summed E-state index contributed by atoms with van der Waals surface area (Å²) in [4.78, 5) is 22.5. The van der Waals surface area contributed by atoms with Gasteiger partial charge in [-0.15, -0.1) is 0 Å². The predicted molar refractivity (Wildman–Crippen MR) is 86.2 cm³/mol. The van der Waals surface area contributed by atoms with Gasteiger partial charge in [-0.05, 0) is 24.8 Å². The van der Waals surface area contributed by atoms with Gasteiger partial charge in [-0.3, -0.25) is 14.9 Å². The van der Waals surface area contributed by atoms with Crippen LogP contribution in [0.2, 0.25) is 5.02 Å². The minimum atomic E-state index is -0.526. The minimum Gasteiger partial charge on any atom is -0.352 e. The number of benzene rings is 1. The summed E-state index contributed by atoms with van der Waals surface area (Å²) in [5, 5.41) is 13.9. The normalized spacial score (nSPS) is 16.6. The van der Waals surface area contributed by atoms with Gasteiger partial charge in [0.25, 0.3) is 11.6 Å². The monoisotopic (exact) mass is 324 g/mol. The molecule has 0 unspecified atom stereocenters. The predicted octanol–water partition coefficient (Wildman–Crippen LogP) is 4.34. The second-order valence-electron chi connectivity index (χ2n) is 5.84. The highest BCUT2D eigenvalue weighted by molar-refractivity contribution is 6.33. The first kappa shape index (κ1) is 16.7. The van der Waals surface area contributed by atoms with Crippen molar-refractivity contribution < 1.29 is 9.72 Å². The first-order valence-electron chi connectivity index (χ1n) is 7.80. The molecule has 1 fully saturated rings. The first-order chi connectivity index (χ1) is 10.6. The zero-order valence-electron chi connectivity index (χ0n) is 12.5. The Hall–Kier alpha value is -1.62. The van der Waals surface area contributed by atoms with Gasteiger partial charge in [-0.1, -0.05) is 43.7 Å². The van der Waals surface area contributed by atoms with E-state index in [1.54, 1.807) is 0 Å². The molecule has 0 aromatic heterocycles. The van der Waals surface area contributed by atoms with Gasteiger partial charge in [0, 0.05) is 18.7 Å². The van der Waals surface area contributed by atoms with Crippen molar-refractivity contribution in [1.29, 1.82) is 0 Å². The van der Waals surface area contributed by atoms with E-state index >= 15 is 0 Å². The lowest BCUT2D eigenvalue weighted by Crippen LogP contribution is -2.30. The number of nitrogens with zero attached hydrogens (tertiary/aromatic N) is 1. The molecule has 1 N–H and O–H groups in total. The molecule has 1 aromatic rings. The standard InChI is InChI=1S/C16H21ClN2O3/c17-15-9-8-13(19(21)22)10-14(15)16(20)18-11-12-6-4-2-1-3-5-7-12/h8-10,12H,1-7,11H2,(H,18,20). The number of halogens is 1. The first-order valence-corrected chi connectivity index (χ1v) is 8.18. The fourth-order valence-corrected chi connectivity index (χ4v) is 3.08. The number of hydrogen-bond acceptors (Lipinski definition) is 3. The zero-order chi connectivity index (χ0) is 15.9. The lowest BCUT2D eigenvalue weighted by atomic mass is 9.91. The van der Waals surface area contributed by atoms with Gasteiger partial charge in [0.2, 0.25) is 0 Å². The number of carbonyl (C=O) groups excluding carboxylic acids is 1. The lowest BCUT2D eigenvalue weighted by Gasteiger charge is -2.20.